The summed E-state index contributed by atoms with van der Waals surface area (Å²) in [7, 11) is 4.84. The van der Waals surface area contributed by atoms with Gasteiger partial charge in [-0.3, -0.25) is 9.68 Å². The van der Waals surface area contributed by atoms with Crippen LogP contribution in [0, 0.1) is 0 Å². The summed E-state index contributed by atoms with van der Waals surface area (Å²) < 4.78 is 20.2. The molecule has 0 aromatic heterocycles. The second-order valence-electron chi connectivity index (χ2n) is 3.40. The summed E-state index contributed by atoms with van der Waals surface area (Å²) in [5, 5.41) is 1.31. The predicted molar refractivity (Wildman–Crippen MR) is 64.8 cm³/mol. The number of hydroxylamine groups is 2. The molecule has 0 spiro atoms. The molecule has 0 saturated heterocycles. The zero-order valence-electron chi connectivity index (χ0n) is 11.7. The summed E-state index contributed by atoms with van der Waals surface area (Å²) in [5.74, 6) is 0. The molecule has 0 amide bonds. The average molecular weight is 267 g/mol. The van der Waals surface area contributed by atoms with Gasteiger partial charge in [0.15, 0.2) is 6.23 Å². The van der Waals surface area contributed by atoms with E-state index in [1.807, 2.05) is 6.92 Å². The van der Waals surface area contributed by atoms with Gasteiger partial charge in [0.25, 0.3) is 0 Å². The van der Waals surface area contributed by atoms with Crippen molar-refractivity contribution in [2.45, 2.75) is 13.2 Å². The lowest BCUT2D eigenvalue weighted by Crippen LogP contribution is -2.37. The molecule has 0 aliphatic rings. The summed E-state index contributed by atoms with van der Waals surface area (Å²) in [5.41, 5.74) is 0. The summed E-state index contributed by atoms with van der Waals surface area (Å²) in [6.45, 7) is 4.56. The molecule has 0 aromatic carbocycles. The number of nitrogens with zero attached hydrogens (tertiary/aromatic N) is 1. The fourth-order valence-electron chi connectivity index (χ4n) is 1.03. The van der Waals surface area contributed by atoms with Gasteiger partial charge in [0.1, 0.15) is 0 Å². The monoisotopic (exact) mass is 267 g/mol. The van der Waals surface area contributed by atoms with Crippen molar-refractivity contribution < 1.29 is 28.6 Å². The number of rotatable bonds is 13. The Morgan fingerprint density at radius 2 is 1.17 bits per heavy atom. The minimum absolute atomic E-state index is 0.339. The quantitative estimate of drug-likeness (QED) is 0.273. The zero-order valence-corrected chi connectivity index (χ0v) is 11.7. The summed E-state index contributed by atoms with van der Waals surface area (Å²) in [6.07, 6.45) is -0.339. The summed E-state index contributed by atoms with van der Waals surface area (Å²) in [6, 6.07) is 0. The molecule has 7 heteroatoms. The third-order valence-electron chi connectivity index (χ3n) is 1.96. The Bertz CT molecular complexity index is 162. The Kier molecular flexibility index (Phi) is 13.0. The maximum Gasteiger partial charge on any atom is 0.157 e. The van der Waals surface area contributed by atoms with E-state index in [1.165, 1.54) is 5.23 Å². The normalized spacial score (nSPS) is 13.2. The molecule has 7 nitrogen and oxygen atoms in total. The highest BCUT2D eigenvalue weighted by Crippen LogP contribution is 2.03. The maximum atomic E-state index is 5.48. The third-order valence-corrected chi connectivity index (χ3v) is 1.96. The lowest BCUT2D eigenvalue weighted by molar-refractivity contribution is -0.423. The largest absolute Gasteiger partial charge is 0.382 e. The van der Waals surface area contributed by atoms with Crippen LogP contribution in [0.2, 0.25) is 0 Å². The van der Waals surface area contributed by atoms with Crippen LogP contribution >= 0.6 is 0 Å². The van der Waals surface area contributed by atoms with Gasteiger partial charge in [-0.25, -0.2) is 0 Å². The van der Waals surface area contributed by atoms with Crippen LogP contribution in [0.1, 0.15) is 6.92 Å². The van der Waals surface area contributed by atoms with Crippen molar-refractivity contribution in [3.05, 3.63) is 0 Å². The van der Waals surface area contributed by atoms with Crippen LogP contribution < -0.4 is 0 Å². The molecular formula is C11H25NO6. The molecule has 18 heavy (non-hydrogen) atoms. The van der Waals surface area contributed by atoms with Gasteiger partial charge in [-0.15, -0.1) is 0 Å². The van der Waals surface area contributed by atoms with E-state index < -0.39 is 0 Å². The van der Waals surface area contributed by atoms with Gasteiger partial charge < -0.3 is 18.9 Å². The van der Waals surface area contributed by atoms with Gasteiger partial charge in [-0.05, 0) is 12.2 Å². The molecule has 0 heterocycles. The van der Waals surface area contributed by atoms with Crippen LogP contribution in [-0.2, 0) is 28.6 Å². The van der Waals surface area contributed by atoms with E-state index in [4.69, 9.17) is 28.6 Å². The smallest absolute Gasteiger partial charge is 0.157 e. The first-order chi connectivity index (χ1) is 8.76. The lowest BCUT2D eigenvalue weighted by Gasteiger charge is -2.26. The van der Waals surface area contributed by atoms with E-state index in [9.17, 15) is 0 Å². The maximum absolute atomic E-state index is 5.48. The topological polar surface area (TPSA) is 58.6 Å². The highest BCUT2D eigenvalue weighted by molar-refractivity contribution is 4.39. The molecule has 0 fully saturated rings. The molecule has 0 bridgehead atoms. The number of methoxy groups -OCH3 is 3. The summed E-state index contributed by atoms with van der Waals surface area (Å²) in [4.78, 5) is 10.8. The Labute approximate surface area is 109 Å². The van der Waals surface area contributed by atoms with E-state index >= 15 is 0 Å². The minimum atomic E-state index is -0.339. The molecule has 0 radical (unpaired) electrons. The van der Waals surface area contributed by atoms with Crippen molar-refractivity contribution in [1.82, 2.24) is 5.23 Å². The Hall–Kier alpha value is -0.280. The van der Waals surface area contributed by atoms with Gasteiger partial charge in [-0.1, -0.05) is 0 Å². The Morgan fingerprint density at radius 1 is 0.722 bits per heavy atom. The zero-order chi connectivity index (χ0) is 13.6. The van der Waals surface area contributed by atoms with Crippen LogP contribution in [0.5, 0.6) is 0 Å². The molecule has 0 rings (SSSR count). The van der Waals surface area contributed by atoms with Crippen LogP contribution in [-0.4, -0.2) is 72.4 Å². The van der Waals surface area contributed by atoms with Crippen LogP contribution in [0.15, 0.2) is 0 Å². The van der Waals surface area contributed by atoms with E-state index in [1.54, 1.807) is 21.3 Å². The summed E-state index contributed by atoms with van der Waals surface area (Å²) >= 11 is 0. The van der Waals surface area contributed by atoms with Crippen molar-refractivity contribution in [3.8, 4) is 0 Å². The second kappa shape index (κ2) is 13.2. The second-order valence-corrected chi connectivity index (χ2v) is 3.40. The van der Waals surface area contributed by atoms with Crippen LogP contribution in [0.3, 0.4) is 0 Å². The fourth-order valence-corrected chi connectivity index (χ4v) is 1.03. The number of hydrogen-bond donors (Lipinski definition) is 0. The van der Waals surface area contributed by atoms with Crippen LogP contribution in [0.25, 0.3) is 0 Å². The predicted octanol–water partition coefficient (Wildman–Crippen LogP) is 0.453. The molecule has 0 saturated carbocycles. The van der Waals surface area contributed by atoms with E-state index in [0.717, 1.165) is 0 Å². The van der Waals surface area contributed by atoms with E-state index in [2.05, 4.69) is 0 Å². The standard InChI is InChI=1S/C11H25NO6/c1-11(16-8-5-13-2)12(17-9-6-14-3)18-10-7-15-4/h11H,5-10H2,1-4H3. The molecule has 0 N–H and O–H groups in total. The van der Waals surface area contributed by atoms with Crippen molar-refractivity contribution in [3.63, 3.8) is 0 Å². The SMILES string of the molecule is COCCOC(C)N(OCCOC)OCCOC. The minimum Gasteiger partial charge on any atom is -0.382 e. The van der Waals surface area contributed by atoms with Crippen molar-refractivity contribution >= 4 is 0 Å². The molecule has 0 aliphatic carbocycles. The van der Waals surface area contributed by atoms with Gasteiger partial charge in [0.2, 0.25) is 0 Å². The highest BCUT2D eigenvalue weighted by atomic mass is 17.0. The molecule has 110 valence electrons. The van der Waals surface area contributed by atoms with Crippen molar-refractivity contribution in [1.29, 1.82) is 0 Å². The first-order valence-electron chi connectivity index (χ1n) is 5.89. The molecule has 0 aliphatic heterocycles. The molecule has 1 unspecified atom stereocenters. The van der Waals surface area contributed by atoms with E-state index in [-0.39, 0.29) is 6.23 Å². The Balaban J connectivity index is 3.90. The third kappa shape index (κ3) is 9.72. The molecule has 0 aromatic rings. The molecule has 1 atom stereocenters. The van der Waals surface area contributed by atoms with Gasteiger partial charge in [0, 0.05) is 21.3 Å². The number of hydrogen-bond acceptors (Lipinski definition) is 7. The molecular weight excluding hydrogens is 242 g/mol. The van der Waals surface area contributed by atoms with Gasteiger partial charge >= 0.3 is 0 Å². The first kappa shape index (κ1) is 17.7. The van der Waals surface area contributed by atoms with Gasteiger partial charge in [-0.2, -0.15) is 0 Å². The van der Waals surface area contributed by atoms with Gasteiger partial charge in [0.05, 0.1) is 39.6 Å². The van der Waals surface area contributed by atoms with Crippen molar-refractivity contribution in [2.24, 2.45) is 0 Å². The van der Waals surface area contributed by atoms with E-state index in [0.29, 0.717) is 39.6 Å². The average Bonchev–Trinajstić information content (AvgIpc) is 2.37. The first-order valence-corrected chi connectivity index (χ1v) is 5.89. The number of ether oxygens (including phenoxy) is 4. The fraction of sp³-hybridized carbons (Fsp3) is 1.00. The van der Waals surface area contributed by atoms with Crippen molar-refractivity contribution in [2.75, 3.05) is 61.0 Å². The highest BCUT2D eigenvalue weighted by Gasteiger charge is 2.16. The van der Waals surface area contributed by atoms with Crippen LogP contribution in [0.4, 0.5) is 0 Å². The lowest BCUT2D eigenvalue weighted by atomic mass is 10.6. The Morgan fingerprint density at radius 3 is 1.61 bits per heavy atom.